The van der Waals surface area contributed by atoms with Gasteiger partial charge in [-0.05, 0) is 33.2 Å². The van der Waals surface area contributed by atoms with Crippen molar-refractivity contribution in [3.63, 3.8) is 0 Å². The number of carbonyl (C=O) groups is 6. The lowest BCUT2D eigenvalue weighted by Gasteiger charge is -2.46. The highest BCUT2D eigenvalue weighted by Gasteiger charge is 2.59. The third-order valence-corrected chi connectivity index (χ3v) is 15.6. The SMILES string of the molecule is CCC[C@@H](O)C(O)C1O[C@@](OC)(C(=O)O)C[C@@H](O)[C@H]1CC(C)=O.CCC[C@@H](O)C(O)C1O[C@@](OC)(C(=O)O)C[C@@H](O)[C@H]1O.CC[C@H]1C([C@H](O)[C@H](O)CO)O[C@@](OC)(C(=O)O)C[C@H]1O.CNCC(=O)C[C@H]1C([C@H](O)[C@H](O)CO)O[C@@](OC)(C(=O)O)C[C@H]1O. The van der Waals surface area contributed by atoms with Gasteiger partial charge in [0.2, 0.25) is 0 Å². The van der Waals surface area contributed by atoms with Gasteiger partial charge in [0.05, 0.1) is 74.7 Å². The normalized spacial score (nSPS) is 35.3. The van der Waals surface area contributed by atoms with Gasteiger partial charge < -0.3 is 145 Å². The van der Waals surface area contributed by atoms with Crippen LogP contribution in [0, 0.1) is 17.8 Å². The van der Waals surface area contributed by atoms with Crippen molar-refractivity contribution in [2.24, 2.45) is 17.8 Å². The molecule has 4 rings (SSSR count). The number of aliphatic carboxylic acids is 4. The van der Waals surface area contributed by atoms with E-state index in [0.717, 1.165) is 28.4 Å². The molecule has 0 aromatic heterocycles. The quantitative estimate of drug-likeness (QED) is 0.0331. The van der Waals surface area contributed by atoms with E-state index >= 15 is 0 Å². The maximum absolute atomic E-state index is 11.9. The minimum absolute atomic E-state index is 0.0168. The van der Waals surface area contributed by atoms with Crippen molar-refractivity contribution < 1.29 is 164 Å². The molecule has 4 saturated heterocycles. The Hall–Kier alpha value is -3.74. The Morgan fingerprint density at radius 1 is 0.471 bits per heavy atom. The van der Waals surface area contributed by atoms with Crippen LogP contribution in [0.2, 0.25) is 0 Å². The van der Waals surface area contributed by atoms with E-state index in [1.54, 1.807) is 20.9 Å². The van der Waals surface area contributed by atoms with E-state index in [2.05, 4.69) is 5.32 Å². The fourth-order valence-electron chi connectivity index (χ4n) is 10.5. The van der Waals surface area contributed by atoms with Crippen molar-refractivity contribution in [2.45, 2.75) is 225 Å². The molecule has 87 heavy (non-hydrogen) atoms. The van der Waals surface area contributed by atoms with Crippen LogP contribution in [0.5, 0.6) is 0 Å². The van der Waals surface area contributed by atoms with Crippen molar-refractivity contribution in [1.82, 2.24) is 5.32 Å². The second kappa shape index (κ2) is 36.9. The molecule has 0 spiro atoms. The van der Waals surface area contributed by atoms with Crippen molar-refractivity contribution in [3.05, 3.63) is 0 Å². The number of rotatable bonds is 29. The molecule has 510 valence electrons. The number of Topliss-reactive ketones (excluding diaryl/α,β-unsaturated/α-hetero) is 2. The third-order valence-electron chi connectivity index (χ3n) is 15.6. The molecule has 4 fully saturated rings. The van der Waals surface area contributed by atoms with Gasteiger partial charge in [0.1, 0.15) is 60.4 Å². The first-order chi connectivity index (χ1) is 40.5. The summed E-state index contributed by atoms with van der Waals surface area (Å²) in [6, 6.07) is 0. The maximum atomic E-state index is 11.9. The zero-order valence-corrected chi connectivity index (χ0v) is 50.2. The molecule has 0 aromatic rings. The Morgan fingerprint density at radius 3 is 1.05 bits per heavy atom. The lowest BCUT2D eigenvalue weighted by Crippen LogP contribution is -2.63. The Labute approximate surface area is 501 Å². The first kappa shape index (κ1) is 81.3. The van der Waals surface area contributed by atoms with Crippen LogP contribution in [0.25, 0.3) is 0 Å². The van der Waals surface area contributed by atoms with E-state index in [1.807, 2.05) is 6.92 Å². The summed E-state index contributed by atoms with van der Waals surface area (Å²) in [5.74, 6) is -17.3. The van der Waals surface area contributed by atoms with Crippen LogP contribution in [0.3, 0.4) is 0 Å². The number of nitrogens with one attached hydrogen (secondary N) is 1. The van der Waals surface area contributed by atoms with Crippen LogP contribution in [-0.4, -0.2) is 315 Å². The zero-order valence-electron chi connectivity index (χ0n) is 50.2. The highest BCUT2D eigenvalue weighted by Crippen LogP contribution is 2.41. The number of aliphatic hydroxyl groups excluding tert-OH is 15. The van der Waals surface area contributed by atoms with Crippen LogP contribution in [-0.2, 0) is 66.7 Å². The number of carboxylic acids is 4. The smallest absolute Gasteiger partial charge is 0.364 e. The van der Waals surface area contributed by atoms with E-state index in [9.17, 15) is 110 Å². The number of carbonyl (C=O) groups excluding carboxylic acids is 2. The van der Waals surface area contributed by atoms with Gasteiger partial charge in [0, 0.05) is 84.7 Å². The molecule has 0 saturated carbocycles. The molecule has 34 nitrogen and oxygen atoms in total. The molecule has 24 atom stereocenters. The van der Waals surface area contributed by atoms with E-state index < -0.39 is 195 Å². The van der Waals surface area contributed by atoms with Crippen LogP contribution >= 0.6 is 0 Å². The van der Waals surface area contributed by atoms with Crippen LogP contribution in [0.1, 0.15) is 98.3 Å². The summed E-state index contributed by atoms with van der Waals surface area (Å²) in [4.78, 5) is 68.8. The van der Waals surface area contributed by atoms with Gasteiger partial charge in [-0.3, -0.25) is 4.79 Å². The summed E-state index contributed by atoms with van der Waals surface area (Å²) >= 11 is 0. The predicted molar refractivity (Wildman–Crippen MR) is 289 cm³/mol. The molecule has 4 heterocycles. The predicted octanol–water partition coefficient (Wildman–Crippen LogP) is -6.50. The second-order valence-corrected chi connectivity index (χ2v) is 21.7. The molecule has 4 aliphatic rings. The Kier molecular flexibility index (Phi) is 34.5. The molecular formula is C53H95NO33. The highest BCUT2D eigenvalue weighted by molar-refractivity contribution is 5.81. The van der Waals surface area contributed by atoms with Gasteiger partial charge in [-0.25, -0.2) is 19.2 Å². The minimum atomic E-state index is -2.22. The van der Waals surface area contributed by atoms with Crippen molar-refractivity contribution in [1.29, 1.82) is 0 Å². The van der Waals surface area contributed by atoms with E-state index in [4.69, 9.17) is 53.2 Å². The Bertz CT molecular complexity index is 2110. The molecule has 6 unspecified atom stereocenters. The number of carboxylic acid groups (broad SMARTS) is 4. The third kappa shape index (κ3) is 20.9. The average Bonchev–Trinajstić information content (AvgIpc) is 1.13. The van der Waals surface area contributed by atoms with Crippen molar-refractivity contribution in [3.8, 4) is 0 Å². The minimum Gasteiger partial charge on any atom is -0.477 e. The van der Waals surface area contributed by atoms with Gasteiger partial charge in [-0.1, -0.05) is 33.6 Å². The Balaban J connectivity index is 0.000000582. The largest absolute Gasteiger partial charge is 0.477 e. The van der Waals surface area contributed by atoms with Gasteiger partial charge in [0.15, 0.2) is 0 Å². The highest BCUT2D eigenvalue weighted by atomic mass is 16.7. The van der Waals surface area contributed by atoms with Crippen molar-refractivity contribution in [2.75, 3.05) is 55.2 Å². The number of methoxy groups -OCH3 is 4. The molecule has 0 aromatic carbocycles. The van der Waals surface area contributed by atoms with Crippen molar-refractivity contribution >= 4 is 35.4 Å². The number of likely N-dealkylation sites (N-methyl/N-ethyl adjacent to an activating group) is 1. The standard InChI is InChI=1S/C15H26O8.C14H25NO9.2C12H22O8/c1-4-5-10(17)12(19)13-9(6-8(2)16)11(18)7-15(22-3,23-13)14(20)21;1-15-5-7(17)3-8-9(18)4-14(23-2,13(21)22)24-12(8)11(20)10(19)6-16;1-3-6-7(14)4-12(19-2,11(17)18)20-10(6)9(16)8(15)5-13;1-3-4-6(13)8(15)10-9(16)7(14)5-12(19-2,20-10)11(17)18/h9-13,17-19H,4-7H2,1-3H3,(H,20,21);8-12,15-16,18-20H,3-6H2,1-2H3,(H,21,22);2*6-10,13-16H,3-5H2,1-2H3,(H,17,18)/t9-,10-,11-,12?,13?,15-;8-,9-,10-,11-,12?,14-;6-,7-,8-,9-,10?,12-;6-,7-,8?,9-,10?,12-/m1111/s1. The summed E-state index contributed by atoms with van der Waals surface area (Å²) in [6.45, 7) is 5.18. The molecule has 4 aliphatic heterocycles. The zero-order chi connectivity index (χ0) is 67.3. The summed E-state index contributed by atoms with van der Waals surface area (Å²) in [7, 11) is 5.97. The van der Waals surface area contributed by atoms with Gasteiger partial charge in [0.25, 0.3) is 23.1 Å². The molecule has 0 amide bonds. The van der Waals surface area contributed by atoms with E-state index in [0.29, 0.717) is 19.3 Å². The number of hydrogen-bond acceptors (Lipinski definition) is 30. The average molecular weight is 1270 g/mol. The fourth-order valence-corrected chi connectivity index (χ4v) is 10.5. The summed E-state index contributed by atoms with van der Waals surface area (Å²) in [5, 5.41) is 187. The lowest BCUT2D eigenvalue weighted by atomic mass is 9.80. The molecule has 0 bridgehead atoms. The maximum Gasteiger partial charge on any atom is 0.364 e. The van der Waals surface area contributed by atoms with Crippen LogP contribution in [0.4, 0.5) is 0 Å². The molecule has 0 radical (unpaired) electrons. The summed E-state index contributed by atoms with van der Waals surface area (Å²) in [5.41, 5.74) is 0. The molecule has 34 heteroatoms. The number of hydrogen-bond donors (Lipinski definition) is 20. The second-order valence-electron chi connectivity index (χ2n) is 21.7. The van der Waals surface area contributed by atoms with Gasteiger partial charge in [-0.2, -0.15) is 0 Å². The summed E-state index contributed by atoms with van der Waals surface area (Å²) < 4.78 is 40.8. The van der Waals surface area contributed by atoms with Gasteiger partial charge in [-0.15, -0.1) is 0 Å². The fraction of sp³-hybridized carbons (Fsp3) is 0.887. The van der Waals surface area contributed by atoms with E-state index in [1.165, 1.54) is 6.92 Å². The summed E-state index contributed by atoms with van der Waals surface area (Å²) in [6.07, 6.45) is -23.4. The molecular weight excluding hydrogens is 1180 g/mol. The lowest BCUT2D eigenvalue weighted by molar-refractivity contribution is -0.320. The molecule has 20 N–H and O–H groups in total. The number of ether oxygens (including phenoxy) is 8. The van der Waals surface area contributed by atoms with Gasteiger partial charge >= 0.3 is 23.9 Å². The number of aliphatic hydroxyl groups is 15. The first-order valence-corrected chi connectivity index (χ1v) is 28.1. The van der Waals surface area contributed by atoms with E-state index in [-0.39, 0.29) is 56.6 Å². The number of ketones is 2. The topological polar surface area (TPSA) is 573 Å². The van der Waals surface area contributed by atoms with Crippen LogP contribution < -0.4 is 5.32 Å². The van der Waals surface area contributed by atoms with Crippen LogP contribution in [0.15, 0.2) is 0 Å². The first-order valence-electron chi connectivity index (χ1n) is 28.1. The molecule has 0 aliphatic carbocycles. The monoisotopic (exact) mass is 1270 g/mol. The Morgan fingerprint density at radius 2 is 0.759 bits per heavy atom.